The summed E-state index contributed by atoms with van der Waals surface area (Å²) in [5.41, 5.74) is 0.0551. The molecule has 0 radical (unpaired) electrons. The fourth-order valence-electron chi connectivity index (χ4n) is 1.43. The Hall–Kier alpha value is -2.04. The van der Waals surface area contributed by atoms with E-state index in [1.54, 1.807) is 18.0 Å². The molecule has 1 rings (SSSR count). The van der Waals surface area contributed by atoms with Gasteiger partial charge in [-0.15, -0.1) is 0 Å². The molecular weight excluding hydrogens is 210 g/mol. The number of carboxylic acid groups (broad SMARTS) is 2. The molecule has 0 aliphatic heterocycles. The van der Waals surface area contributed by atoms with Crippen LogP contribution in [0.15, 0.2) is 18.2 Å². The molecule has 0 spiro atoms. The second-order valence-corrected chi connectivity index (χ2v) is 3.32. The molecule has 0 bridgehead atoms. The van der Waals surface area contributed by atoms with Crippen molar-refractivity contribution in [3.63, 3.8) is 0 Å². The maximum absolute atomic E-state index is 11.1. The van der Waals surface area contributed by atoms with Crippen LogP contribution in [0.1, 0.15) is 27.6 Å². The van der Waals surface area contributed by atoms with Crippen LogP contribution in [-0.2, 0) is 0 Å². The molecule has 0 saturated carbocycles. The Balaban J connectivity index is 3.44. The number of anilines is 1. The molecule has 86 valence electrons. The molecule has 0 aliphatic rings. The Morgan fingerprint density at radius 3 is 2.31 bits per heavy atom. The molecule has 5 nitrogen and oxygen atoms in total. The van der Waals surface area contributed by atoms with Gasteiger partial charge in [0.15, 0.2) is 0 Å². The summed E-state index contributed by atoms with van der Waals surface area (Å²) in [5, 5.41) is 18.0. The number of hydrogen-bond donors (Lipinski definition) is 2. The summed E-state index contributed by atoms with van der Waals surface area (Å²) < 4.78 is 0. The minimum Gasteiger partial charge on any atom is -0.478 e. The van der Waals surface area contributed by atoms with Gasteiger partial charge in [0.25, 0.3) is 0 Å². The van der Waals surface area contributed by atoms with Crippen molar-refractivity contribution in [3.8, 4) is 0 Å². The minimum atomic E-state index is -1.23. The van der Waals surface area contributed by atoms with Crippen LogP contribution in [0.25, 0.3) is 0 Å². The predicted octanol–water partition coefficient (Wildman–Crippen LogP) is 1.54. The quantitative estimate of drug-likeness (QED) is 0.809. The molecular formula is C11H13NO4. The van der Waals surface area contributed by atoms with Crippen molar-refractivity contribution < 1.29 is 19.8 Å². The highest BCUT2D eigenvalue weighted by molar-refractivity contribution is 6.05. The van der Waals surface area contributed by atoms with Gasteiger partial charge in [0.05, 0.1) is 16.8 Å². The first-order valence-corrected chi connectivity index (χ1v) is 4.79. The van der Waals surface area contributed by atoms with Crippen LogP contribution in [-0.4, -0.2) is 35.7 Å². The third-order valence-electron chi connectivity index (χ3n) is 2.37. The highest BCUT2D eigenvalue weighted by Gasteiger charge is 2.21. The monoisotopic (exact) mass is 223 g/mol. The van der Waals surface area contributed by atoms with Crippen LogP contribution < -0.4 is 4.90 Å². The van der Waals surface area contributed by atoms with E-state index in [4.69, 9.17) is 10.2 Å². The molecule has 0 fully saturated rings. The lowest BCUT2D eigenvalue weighted by Crippen LogP contribution is -2.21. The molecule has 0 amide bonds. The molecule has 16 heavy (non-hydrogen) atoms. The van der Waals surface area contributed by atoms with E-state index in [2.05, 4.69) is 0 Å². The van der Waals surface area contributed by atoms with Crippen LogP contribution in [0.5, 0.6) is 0 Å². The average Bonchev–Trinajstić information content (AvgIpc) is 2.26. The summed E-state index contributed by atoms with van der Waals surface area (Å²) in [6.45, 7) is 2.46. The van der Waals surface area contributed by atoms with Gasteiger partial charge in [0.1, 0.15) is 0 Å². The summed E-state index contributed by atoms with van der Waals surface area (Å²) in [6.07, 6.45) is 0. The first-order chi connectivity index (χ1) is 7.49. The Morgan fingerprint density at radius 2 is 1.88 bits per heavy atom. The van der Waals surface area contributed by atoms with Gasteiger partial charge in [0, 0.05) is 13.6 Å². The first-order valence-electron chi connectivity index (χ1n) is 4.79. The van der Waals surface area contributed by atoms with Crippen LogP contribution in [0.2, 0.25) is 0 Å². The SMILES string of the molecule is CCN(C)c1cccc(C(=O)O)c1C(=O)O. The maximum atomic E-state index is 11.1. The van der Waals surface area contributed by atoms with Gasteiger partial charge < -0.3 is 15.1 Å². The minimum absolute atomic E-state index is 0.167. The van der Waals surface area contributed by atoms with Gasteiger partial charge in [-0.25, -0.2) is 9.59 Å². The molecule has 1 aromatic rings. The lowest BCUT2D eigenvalue weighted by atomic mass is 10.0. The van der Waals surface area contributed by atoms with Crippen molar-refractivity contribution >= 4 is 17.6 Å². The lowest BCUT2D eigenvalue weighted by Gasteiger charge is -2.19. The number of carbonyl (C=O) groups is 2. The number of aromatic carboxylic acids is 2. The number of benzene rings is 1. The summed E-state index contributed by atoms with van der Waals surface area (Å²) in [5.74, 6) is -2.46. The Morgan fingerprint density at radius 1 is 1.25 bits per heavy atom. The third-order valence-corrected chi connectivity index (χ3v) is 2.37. The second-order valence-electron chi connectivity index (χ2n) is 3.32. The van der Waals surface area contributed by atoms with Crippen LogP contribution >= 0.6 is 0 Å². The van der Waals surface area contributed by atoms with Gasteiger partial charge in [0.2, 0.25) is 0 Å². The van der Waals surface area contributed by atoms with Gasteiger partial charge in [-0.05, 0) is 19.1 Å². The van der Waals surface area contributed by atoms with E-state index in [1.165, 1.54) is 12.1 Å². The molecule has 5 heteroatoms. The molecule has 0 saturated heterocycles. The van der Waals surface area contributed by atoms with Gasteiger partial charge in [-0.1, -0.05) is 6.07 Å². The Bertz CT molecular complexity index is 428. The lowest BCUT2D eigenvalue weighted by molar-refractivity contribution is 0.0652. The largest absolute Gasteiger partial charge is 0.478 e. The summed E-state index contributed by atoms with van der Waals surface area (Å²) in [6, 6.07) is 4.43. The fraction of sp³-hybridized carbons (Fsp3) is 0.273. The summed E-state index contributed by atoms with van der Waals surface area (Å²) in [4.78, 5) is 23.7. The van der Waals surface area contributed by atoms with Crippen LogP contribution in [0, 0.1) is 0 Å². The van der Waals surface area contributed by atoms with E-state index in [-0.39, 0.29) is 11.1 Å². The van der Waals surface area contributed by atoms with Gasteiger partial charge in [-0.3, -0.25) is 0 Å². The van der Waals surface area contributed by atoms with Crippen molar-refractivity contribution in [2.75, 3.05) is 18.5 Å². The normalized spacial score (nSPS) is 9.88. The highest BCUT2D eigenvalue weighted by atomic mass is 16.4. The van der Waals surface area contributed by atoms with Crippen LogP contribution in [0.3, 0.4) is 0 Å². The summed E-state index contributed by atoms with van der Waals surface area (Å²) in [7, 11) is 1.72. The molecule has 0 unspecified atom stereocenters. The standard InChI is InChI=1S/C11H13NO4/c1-3-12(2)8-6-4-5-7(10(13)14)9(8)11(15)16/h4-6H,3H2,1-2H3,(H,13,14)(H,15,16). The number of nitrogens with zero attached hydrogens (tertiary/aromatic N) is 1. The molecule has 0 aliphatic carbocycles. The zero-order valence-corrected chi connectivity index (χ0v) is 9.10. The first kappa shape index (κ1) is 12.0. The predicted molar refractivity (Wildman–Crippen MR) is 59.3 cm³/mol. The molecule has 2 N–H and O–H groups in total. The van der Waals surface area contributed by atoms with Crippen molar-refractivity contribution in [1.82, 2.24) is 0 Å². The Labute approximate surface area is 92.9 Å². The highest BCUT2D eigenvalue weighted by Crippen LogP contribution is 2.23. The van der Waals surface area contributed by atoms with Crippen molar-refractivity contribution in [1.29, 1.82) is 0 Å². The molecule has 0 heterocycles. The number of carboxylic acids is 2. The van der Waals surface area contributed by atoms with E-state index in [0.717, 1.165) is 0 Å². The van der Waals surface area contributed by atoms with Crippen molar-refractivity contribution in [2.45, 2.75) is 6.92 Å². The van der Waals surface area contributed by atoms with Gasteiger partial charge >= 0.3 is 11.9 Å². The fourth-order valence-corrected chi connectivity index (χ4v) is 1.43. The van der Waals surface area contributed by atoms with E-state index in [9.17, 15) is 9.59 Å². The van der Waals surface area contributed by atoms with Crippen molar-refractivity contribution in [3.05, 3.63) is 29.3 Å². The number of hydrogen-bond acceptors (Lipinski definition) is 3. The zero-order valence-electron chi connectivity index (χ0n) is 9.10. The average molecular weight is 223 g/mol. The van der Waals surface area contributed by atoms with Gasteiger partial charge in [-0.2, -0.15) is 0 Å². The van der Waals surface area contributed by atoms with Crippen molar-refractivity contribution in [2.24, 2.45) is 0 Å². The van der Waals surface area contributed by atoms with E-state index in [1.807, 2.05) is 6.92 Å². The molecule has 1 aromatic carbocycles. The molecule has 0 aromatic heterocycles. The third kappa shape index (κ3) is 2.13. The van der Waals surface area contributed by atoms with E-state index >= 15 is 0 Å². The Kier molecular flexibility index (Phi) is 3.50. The van der Waals surface area contributed by atoms with Crippen LogP contribution in [0.4, 0.5) is 5.69 Å². The summed E-state index contributed by atoms with van der Waals surface area (Å²) >= 11 is 0. The zero-order chi connectivity index (χ0) is 12.3. The molecule has 0 atom stereocenters. The van der Waals surface area contributed by atoms with E-state index < -0.39 is 11.9 Å². The van der Waals surface area contributed by atoms with E-state index in [0.29, 0.717) is 12.2 Å². The number of rotatable bonds is 4. The topological polar surface area (TPSA) is 77.8 Å². The smallest absolute Gasteiger partial charge is 0.338 e. The maximum Gasteiger partial charge on any atom is 0.338 e. The second kappa shape index (κ2) is 4.65.